The van der Waals surface area contributed by atoms with E-state index in [0.717, 1.165) is 57.4 Å². The number of carbonyl (C=O) groups is 2. The Morgan fingerprint density at radius 2 is 1.86 bits per heavy atom. The molecule has 2 amide bonds. The molecule has 0 bridgehead atoms. The van der Waals surface area contributed by atoms with Crippen LogP contribution >= 0.6 is 0 Å². The van der Waals surface area contributed by atoms with E-state index in [2.05, 4.69) is 10.2 Å². The fourth-order valence-electron chi connectivity index (χ4n) is 4.21. The minimum atomic E-state index is -0.208. The largest absolute Gasteiger partial charge is 0.495 e. The summed E-state index contributed by atoms with van der Waals surface area (Å²) in [5.41, 5.74) is 1.79. The van der Waals surface area contributed by atoms with Crippen molar-refractivity contribution in [3.05, 3.63) is 23.8 Å². The third-order valence-corrected chi connectivity index (χ3v) is 6.11. The third-order valence-electron chi connectivity index (χ3n) is 6.11. The van der Waals surface area contributed by atoms with Crippen molar-refractivity contribution < 1.29 is 14.3 Å². The molecule has 3 rings (SSSR count). The van der Waals surface area contributed by atoms with E-state index in [-0.39, 0.29) is 11.9 Å². The number of nitrogens with one attached hydrogen (secondary N) is 1. The maximum Gasteiger partial charge on any atom is 0.241 e. The van der Waals surface area contributed by atoms with Crippen molar-refractivity contribution in [2.75, 3.05) is 38.6 Å². The van der Waals surface area contributed by atoms with Crippen LogP contribution in [0.2, 0.25) is 0 Å². The highest BCUT2D eigenvalue weighted by atomic mass is 16.5. The number of likely N-dealkylation sites (tertiary alicyclic amines) is 2. The quantitative estimate of drug-likeness (QED) is 0.815. The van der Waals surface area contributed by atoms with Crippen LogP contribution in [0.15, 0.2) is 18.2 Å². The summed E-state index contributed by atoms with van der Waals surface area (Å²) in [4.78, 5) is 29.3. The lowest BCUT2D eigenvalue weighted by Crippen LogP contribution is -2.46. The van der Waals surface area contributed by atoms with Crippen LogP contribution in [0.25, 0.3) is 0 Å². The van der Waals surface area contributed by atoms with E-state index in [1.54, 1.807) is 7.11 Å². The summed E-state index contributed by atoms with van der Waals surface area (Å²) in [5.74, 6) is 1.41. The average molecular weight is 388 g/mol. The van der Waals surface area contributed by atoms with Crippen LogP contribution in [-0.2, 0) is 9.59 Å². The normalized spacial score (nSPS) is 19.5. The van der Waals surface area contributed by atoms with Crippen LogP contribution in [0, 0.1) is 12.8 Å². The molecule has 6 heteroatoms. The predicted molar refractivity (Wildman–Crippen MR) is 111 cm³/mol. The number of nitrogens with zero attached hydrogens (tertiary/aromatic N) is 2. The van der Waals surface area contributed by atoms with E-state index in [9.17, 15) is 9.59 Å². The Labute approximate surface area is 168 Å². The van der Waals surface area contributed by atoms with Crippen LogP contribution < -0.4 is 10.1 Å². The zero-order valence-electron chi connectivity index (χ0n) is 17.4. The summed E-state index contributed by atoms with van der Waals surface area (Å²) in [6, 6.07) is 5.56. The fourth-order valence-corrected chi connectivity index (χ4v) is 4.21. The zero-order valence-corrected chi connectivity index (χ0v) is 17.4. The Morgan fingerprint density at radius 3 is 2.50 bits per heavy atom. The Bertz CT molecular complexity index is 692. The number of benzene rings is 1. The Hall–Kier alpha value is -2.08. The second-order valence-electron chi connectivity index (χ2n) is 8.14. The first-order valence-electron chi connectivity index (χ1n) is 10.4. The zero-order chi connectivity index (χ0) is 20.1. The molecule has 2 aliphatic heterocycles. The smallest absolute Gasteiger partial charge is 0.241 e. The van der Waals surface area contributed by atoms with Gasteiger partial charge in [-0.3, -0.25) is 14.5 Å². The van der Waals surface area contributed by atoms with Crippen molar-refractivity contribution in [3.63, 3.8) is 0 Å². The second kappa shape index (κ2) is 9.41. The number of rotatable bonds is 6. The number of carbonyl (C=O) groups excluding carboxylic acids is 2. The van der Waals surface area contributed by atoms with Gasteiger partial charge >= 0.3 is 0 Å². The van der Waals surface area contributed by atoms with Gasteiger partial charge in [-0.2, -0.15) is 0 Å². The SMILES string of the molecule is COc1ccc(C)cc1NC(=O)C(C)N1CCC(CC(=O)N2CCCC2)CC1. The lowest BCUT2D eigenvalue weighted by molar-refractivity contribution is -0.132. The lowest BCUT2D eigenvalue weighted by atomic mass is 9.92. The molecule has 154 valence electrons. The summed E-state index contributed by atoms with van der Waals surface area (Å²) in [6.07, 6.45) is 4.90. The number of aryl methyl sites for hydroxylation is 1. The van der Waals surface area contributed by atoms with Crippen molar-refractivity contribution in [1.29, 1.82) is 0 Å². The molecule has 2 heterocycles. The molecule has 1 N–H and O–H groups in total. The van der Waals surface area contributed by atoms with Gasteiger partial charge < -0.3 is 15.0 Å². The van der Waals surface area contributed by atoms with Crippen LogP contribution in [0.5, 0.6) is 5.75 Å². The van der Waals surface area contributed by atoms with E-state index < -0.39 is 0 Å². The van der Waals surface area contributed by atoms with Gasteiger partial charge in [0.15, 0.2) is 0 Å². The molecule has 2 aliphatic rings. The van der Waals surface area contributed by atoms with Crippen LogP contribution in [0.1, 0.15) is 44.6 Å². The molecular weight excluding hydrogens is 354 g/mol. The van der Waals surface area contributed by atoms with Crippen molar-refractivity contribution >= 4 is 17.5 Å². The summed E-state index contributed by atoms with van der Waals surface area (Å²) in [7, 11) is 1.61. The van der Waals surface area contributed by atoms with Gasteiger partial charge in [-0.05, 0) is 76.2 Å². The molecule has 0 radical (unpaired) electrons. The van der Waals surface area contributed by atoms with Gasteiger partial charge in [0.05, 0.1) is 18.8 Å². The van der Waals surface area contributed by atoms with Crippen LogP contribution in [-0.4, -0.2) is 60.9 Å². The predicted octanol–water partition coefficient (Wildman–Crippen LogP) is 3.06. The van der Waals surface area contributed by atoms with Crippen molar-refractivity contribution in [2.45, 2.75) is 52.0 Å². The van der Waals surface area contributed by atoms with Gasteiger partial charge in [0.25, 0.3) is 0 Å². The minimum Gasteiger partial charge on any atom is -0.495 e. The number of hydrogen-bond donors (Lipinski definition) is 1. The van der Waals surface area contributed by atoms with E-state index in [0.29, 0.717) is 29.7 Å². The number of ether oxygens (including phenoxy) is 1. The summed E-state index contributed by atoms with van der Waals surface area (Å²) in [6.45, 7) is 7.52. The molecule has 2 saturated heterocycles. The van der Waals surface area contributed by atoms with Gasteiger partial charge in [0.2, 0.25) is 11.8 Å². The first kappa shape index (κ1) is 20.6. The van der Waals surface area contributed by atoms with Gasteiger partial charge in [-0.1, -0.05) is 6.07 Å². The first-order valence-corrected chi connectivity index (χ1v) is 10.4. The Balaban J connectivity index is 1.49. The molecule has 0 spiro atoms. The van der Waals surface area contributed by atoms with Crippen molar-refractivity contribution in [2.24, 2.45) is 5.92 Å². The van der Waals surface area contributed by atoms with E-state index in [1.807, 2.05) is 36.9 Å². The maximum atomic E-state index is 12.8. The minimum absolute atomic E-state index is 0.0181. The summed E-state index contributed by atoms with van der Waals surface area (Å²) >= 11 is 0. The lowest BCUT2D eigenvalue weighted by Gasteiger charge is -2.35. The molecule has 6 nitrogen and oxygen atoms in total. The molecule has 2 fully saturated rings. The summed E-state index contributed by atoms with van der Waals surface area (Å²) in [5, 5.41) is 3.01. The Kier molecular flexibility index (Phi) is 6.94. The van der Waals surface area contributed by atoms with Crippen LogP contribution in [0.4, 0.5) is 5.69 Å². The highest BCUT2D eigenvalue weighted by molar-refractivity contribution is 5.96. The molecule has 0 aliphatic carbocycles. The topological polar surface area (TPSA) is 61.9 Å². The number of methoxy groups -OCH3 is 1. The van der Waals surface area contributed by atoms with E-state index in [1.165, 1.54) is 0 Å². The van der Waals surface area contributed by atoms with Gasteiger partial charge in [-0.15, -0.1) is 0 Å². The van der Waals surface area contributed by atoms with Gasteiger partial charge in [0.1, 0.15) is 5.75 Å². The maximum absolute atomic E-state index is 12.8. The highest BCUT2D eigenvalue weighted by Crippen LogP contribution is 2.27. The van der Waals surface area contributed by atoms with Crippen LogP contribution in [0.3, 0.4) is 0 Å². The first-order chi connectivity index (χ1) is 13.5. The average Bonchev–Trinajstić information content (AvgIpc) is 3.23. The standard InChI is InChI=1S/C22H33N3O3/c1-16-6-7-20(28-3)19(14-16)23-22(27)17(2)24-12-8-18(9-13-24)15-21(26)25-10-4-5-11-25/h6-7,14,17-18H,4-5,8-13,15H2,1-3H3,(H,23,27). The van der Waals surface area contributed by atoms with Crippen molar-refractivity contribution in [3.8, 4) is 5.75 Å². The molecule has 1 aromatic rings. The van der Waals surface area contributed by atoms with Gasteiger partial charge in [0, 0.05) is 19.5 Å². The number of amides is 2. The second-order valence-corrected chi connectivity index (χ2v) is 8.14. The van der Waals surface area contributed by atoms with E-state index in [4.69, 9.17) is 4.74 Å². The monoisotopic (exact) mass is 387 g/mol. The van der Waals surface area contributed by atoms with E-state index >= 15 is 0 Å². The number of piperidine rings is 1. The molecule has 0 saturated carbocycles. The summed E-state index contributed by atoms with van der Waals surface area (Å²) < 4.78 is 5.36. The molecule has 0 aromatic heterocycles. The number of anilines is 1. The molecular formula is C22H33N3O3. The van der Waals surface area contributed by atoms with Crippen molar-refractivity contribution in [1.82, 2.24) is 9.80 Å². The molecule has 28 heavy (non-hydrogen) atoms. The third kappa shape index (κ3) is 5.04. The highest BCUT2D eigenvalue weighted by Gasteiger charge is 2.29. The number of hydrogen-bond acceptors (Lipinski definition) is 4. The molecule has 1 atom stereocenters. The fraction of sp³-hybridized carbons (Fsp3) is 0.636. The molecule has 1 aromatic carbocycles. The molecule has 1 unspecified atom stereocenters. The van der Waals surface area contributed by atoms with Gasteiger partial charge in [-0.25, -0.2) is 0 Å². The Morgan fingerprint density at radius 1 is 1.18 bits per heavy atom.